The summed E-state index contributed by atoms with van der Waals surface area (Å²) >= 11 is 0. The van der Waals surface area contributed by atoms with E-state index < -0.39 is 0 Å². The van der Waals surface area contributed by atoms with Crippen LogP contribution in [0.15, 0.2) is 42.6 Å². The third-order valence-corrected chi connectivity index (χ3v) is 6.46. The molecule has 7 heteroatoms. The number of hydrogen-bond acceptors (Lipinski definition) is 6. The van der Waals surface area contributed by atoms with Gasteiger partial charge in [0.05, 0.1) is 22.2 Å². The van der Waals surface area contributed by atoms with Gasteiger partial charge < -0.3 is 15.3 Å². The molecule has 1 aromatic carbocycles. The summed E-state index contributed by atoms with van der Waals surface area (Å²) < 4.78 is 1.74. The molecule has 1 aliphatic carbocycles. The first-order valence-corrected chi connectivity index (χ1v) is 11.5. The molecule has 0 bridgehead atoms. The Morgan fingerprint density at radius 1 is 0.969 bits per heavy atom. The van der Waals surface area contributed by atoms with Gasteiger partial charge in [0.15, 0.2) is 0 Å². The summed E-state index contributed by atoms with van der Waals surface area (Å²) in [6, 6.07) is 12.0. The minimum absolute atomic E-state index is 0.179. The molecule has 1 saturated heterocycles. The minimum Gasteiger partial charge on any atom is -0.507 e. The normalized spacial score (nSPS) is 17.9. The molecule has 4 heterocycles. The molecular weight excluding hydrogens is 400 g/mol. The highest BCUT2D eigenvalue weighted by molar-refractivity contribution is 5.88. The van der Waals surface area contributed by atoms with Gasteiger partial charge in [0, 0.05) is 49.4 Å². The first kappa shape index (κ1) is 20.7. The van der Waals surface area contributed by atoms with Crippen LogP contribution in [0.3, 0.4) is 0 Å². The number of nitrogens with zero attached hydrogens (tertiary/aromatic N) is 5. The van der Waals surface area contributed by atoms with Crippen LogP contribution < -0.4 is 10.2 Å². The van der Waals surface area contributed by atoms with E-state index in [0.29, 0.717) is 11.6 Å². The molecule has 1 saturated carbocycles. The number of phenols is 1. The topological polar surface area (TPSA) is 79.1 Å². The molecular formula is C25H30N6O. The summed E-state index contributed by atoms with van der Waals surface area (Å²) in [6.07, 6.45) is 9.06. The van der Waals surface area contributed by atoms with Crippen LogP contribution in [0.4, 0.5) is 5.82 Å². The lowest BCUT2D eigenvalue weighted by atomic mass is 10.0. The van der Waals surface area contributed by atoms with Crippen molar-refractivity contribution in [3.8, 4) is 17.0 Å². The zero-order valence-electron chi connectivity index (χ0n) is 18.8. The number of fused-ring (bicyclic) bond motifs is 2. The molecule has 6 rings (SSSR count). The van der Waals surface area contributed by atoms with Crippen LogP contribution in [0.25, 0.3) is 33.2 Å². The second kappa shape index (κ2) is 8.74. The Hall–Kier alpha value is -3.19. The molecule has 0 radical (unpaired) electrons. The van der Waals surface area contributed by atoms with Crippen molar-refractivity contribution >= 4 is 27.8 Å². The molecule has 3 aromatic heterocycles. The molecule has 0 amide bonds. The first-order chi connectivity index (χ1) is 15.6. The van der Waals surface area contributed by atoms with Crippen molar-refractivity contribution < 1.29 is 5.11 Å². The predicted octanol–water partition coefficient (Wildman–Crippen LogP) is 4.25. The third kappa shape index (κ3) is 4.12. The number of rotatable bonds is 3. The third-order valence-electron chi connectivity index (χ3n) is 6.46. The Balaban J connectivity index is 0.000000489. The molecule has 4 aromatic rings. The van der Waals surface area contributed by atoms with E-state index in [1.54, 1.807) is 10.7 Å². The number of phenolic OH excluding ortho intramolecular Hbond substituents is 1. The molecule has 1 atom stereocenters. The fraction of sp³-hybridized carbons (Fsp3) is 0.400. The number of benzene rings is 1. The molecule has 166 valence electrons. The van der Waals surface area contributed by atoms with Crippen molar-refractivity contribution in [1.82, 2.24) is 25.1 Å². The number of aryl methyl sites for hydroxylation is 1. The summed E-state index contributed by atoms with van der Waals surface area (Å²) in [5.74, 6) is 1.16. The average molecular weight is 431 g/mol. The number of aromatic hydroxyl groups is 1. The van der Waals surface area contributed by atoms with Crippen LogP contribution in [-0.4, -0.2) is 51.0 Å². The zero-order chi connectivity index (χ0) is 22.1. The van der Waals surface area contributed by atoms with Gasteiger partial charge in [-0.25, -0.2) is 9.97 Å². The Morgan fingerprint density at radius 2 is 1.72 bits per heavy atom. The van der Waals surface area contributed by atoms with Gasteiger partial charge in [0.1, 0.15) is 11.6 Å². The molecule has 2 N–H and O–H groups in total. The first-order valence-electron chi connectivity index (χ1n) is 11.5. The predicted molar refractivity (Wildman–Crippen MR) is 129 cm³/mol. The van der Waals surface area contributed by atoms with Gasteiger partial charge in [-0.05, 0) is 43.8 Å². The van der Waals surface area contributed by atoms with E-state index in [1.165, 1.54) is 25.7 Å². The van der Waals surface area contributed by atoms with Gasteiger partial charge in [-0.15, -0.1) is 0 Å². The van der Waals surface area contributed by atoms with Crippen LogP contribution in [0.2, 0.25) is 0 Å². The van der Waals surface area contributed by atoms with Crippen LogP contribution in [0.5, 0.6) is 5.75 Å². The van der Waals surface area contributed by atoms with Gasteiger partial charge in [-0.3, -0.25) is 4.68 Å². The SMILES string of the molecule is C1CCC1.CNC1CCN(c2ccc3nc(-c4cc5cn(C)nc5cc4O)ccc3n2)C1. The Morgan fingerprint density at radius 3 is 2.44 bits per heavy atom. The van der Waals surface area contributed by atoms with Crippen molar-refractivity contribution in [3.63, 3.8) is 0 Å². The lowest BCUT2D eigenvalue weighted by Gasteiger charge is -2.17. The second-order valence-electron chi connectivity index (χ2n) is 8.77. The number of nitrogens with one attached hydrogen (secondary N) is 1. The summed E-state index contributed by atoms with van der Waals surface area (Å²) in [7, 11) is 3.87. The largest absolute Gasteiger partial charge is 0.507 e. The molecule has 1 aliphatic heterocycles. The number of hydrogen-bond donors (Lipinski definition) is 2. The minimum atomic E-state index is 0.179. The van der Waals surface area contributed by atoms with E-state index >= 15 is 0 Å². The number of pyridine rings is 2. The Kier molecular flexibility index (Phi) is 5.66. The summed E-state index contributed by atoms with van der Waals surface area (Å²) in [5.41, 5.74) is 3.86. The highest BCUT2D eigenvalue weighted by atomic mass is 16.3. The van der Waals surface area contributed by atoms with Gasteiger partial charge in [-0.2, -0.15) is 5.10 Å². The number of likely N-dealkylation sites (N-methyl/N-ethyl adjacent to an activating group) is 1. The van der Waals surface area contributed by atoms with Crippen LogP contribution >= 0.6 is 0 Å². The number of aromatic nitrogens is 4. The van der Waals surface area contributed by atoms with Crippen LogP contribution in [0, 0.1) is 0 Å². The summed E-state index contributed by atoms with van der Waals surface area (Å²) in [6.45, 7) is 1.98. The lowest BCUT2D eigenvalue weighted by molar-refractivity contribution is 0.478. The smallest absolute Gasteiger partial charge is 0.129 e. The van der Waals surface area contributed by atoms with Crippen molar-refractivity contribution in [2.75, 3.05) is 25.0 Å². The zero-order valence-corrected chi connectivity index (χ0v) is 18.8. The maximum atomic E-state index is 10.5. The fourth-order valence-electron chi connectivity index (χ4n) is 4.17. The van der Waals surface area contributed by atoms with Crippen LogP contribution in [-0.2, 0) is 7.05 Å². The van der Waals surface area contributed by atoms with Crippen molar-refractivity contribution in [3.05, 3.63) is 42.6 Å². The molecule has 2 fully saturated rings. The maximum Gasteiger partial charge on any atom is 0.129 e. The standard InChI is InChI=1S/C21H22N6O.C4H8/c1-22-14-7-8-27(12-14)21-6-5-17-18(24-21)4-3-16(23-17)15-9-13-11-26(2)25-19(13)10-20(15)28;1-2-4-3-1/h3-6,9-11,14,22,28H,7-8,12H2,1-2H3;1-4H2. The van der Waals surface area contributed by atoms with Crippen molar-refractivity contribution in [2.24, 2.45) is 7.05 Å². The van der Waals surface area contributed by atoms with Gasteiger partial charge in [0.25, 0.3) is 0 Å². The second-order valence-corrected chi connectivity index (χ2v) is 8.77. The van der Waals surface area contributed by atoms with E-state index in [-0.39, 0.29) is 5.75 Å². The van der Waals surface area contributed by atoms with Gasteiger partial charge in [-0.1, -0.05) is 25.7 Å². The molecule has 0 spiro atoms. The van der Waals surface area contributed by atoms with Gasteiger partial charge in [0.2, 0.25) is 0 Å². The highest BCUT2D eigenvalue weighted by Gasteiger charge is 2.22. The maximum absolute atomic E-state index is 10.5. The van der Waals surface area contributed by atoms with E-state index in [0.717, 1.165) is 53.0 Å². The molecule has 7 nitrogen and oxygen atoms in total. The van der Waals surface area contributed by atoms with E-state index in [4.69, 9.17) is 9.97 Å². The van der Waals surface area contributed by atoms with E-state index in [2.05, 4.69) is 15.3 Å². The quantitative estimate of drug-likeness (QED) is 0.506. The average Bonchev–Trinajstić information content (AvgIpc) is 3.36. The van der Waals surface area contributed by atoms with Crippen LogP contribution in [0.1, 0.15) is 32.1 Å². The van der Waals surface area contributed by atoms with E-state index in [9.17, 15) is 5.11 Å². The Bertz CT molecular complexity index is 1240. The lowest BCUT2D eigenvalue weighted by Crippen LogP contribution is -2.29. The van der Waals surface area contributed by atoms with Crippen molar-refractivity contribution in [1.29, 1.82) is 0 Å². The summed E-state index contributed by atoms with van der Waals surface area (Å²) in [5, 5.41) is 19.1. The summed E-state index contributed by atoms with van der Waals surface area (Å²) in [4.78, 5) is 11.8. The van der Waals surface area contributed by atoms with E-state index in [1.807, 2.05) is 50.6 Å². The molecule has 32 heavy (non-hydrogen) atoms. The Labute approximate surface area is 188 Å². The van der Waals surface area contributed by atoms with Gasteiger partial charge >= 0.3 is 0 Å². The monoisotopic (exact) mass is 430 g/mol. The molecule has 2 aliphatic rings. The number of anilines is 1. The fourth-order valence-corrected chi connectivity index (χ4v) is 4.17. The molecule has 1 unspecified atom stereocenters. The van der Waals surface area contributed by atoms with Crippen molar-refractivity contribution in [2.45, 2.75) is 38.1 Å². The highest BCUT2D eigenvalue weighted by Crippen LogP contribution is 2.33.